The highest BCUT2D eigenvalue weighted by molar-refractivity contribution is 9.10. The number of hydrogen-bond donors (Lipinski definition) is 2. The molecule has 0 spiro atoms. The fourth-order valence-electron chi connectivity index (χ4n) is 1.19. The summed E-state index contributed by atoms with van der Waals surface area (Å²) >= 11 is 3.32. The van der Waals surface area contributed by atoms with Crippen LogP contribution in [0.1, 0.15) is 12.5 Å². The monoisotopic (exact) mass is 273 g/mol. The van der Waals surface area contributed by atoms with Gasteiger partial charge in [-0.05, 0) is 24.6 Å². The van der Waals surface area contributed by atoms with Crippen molar-refractivity contribution in [2.75, 3.05) is 7.11 Å². The molecule has 4 nitrogen and oxygen atoms in total. The molecule has 15 heavy (non-hydrogen) atoms. The molecule has 0 aromatic heterocycles. The van der Waals surface area contributed by atoms with Crippen molar-refractivity contribution in [1.82, 2.24) is 0 Å². The summed E-state index contributed by atoms with van der Waals surface area (Å²) in [5.41, 5.74) is 1.48. The van der Waals surface area contributed by atoms with Crippen LogP contribution in [0.15, 0.2) is 21.8 Å². The van der Waals surface area contributed by atoms with Gasteiger partial charge in [0.1, 0.15) is 0 Å². The van der Waals surface area contributed by atoms with Gasteiger partial charge in [0.2, 0.25) is 0 Å². The highest BCUT2D eigenvalue weighted by atomic mass is 79.9. The first-order valence-corrected chi connectivity index (χ1v) is 5.10. The molecule has 0 radical (unpaired) electrons. The zero-order valence-electron chi connectivity index (χ0n) is 8.49. The molecule has 0 unspecified atom stereocenters. The Hall–Kier alpha value is -1.23. The molecule has 0 saturated heterocycles. The van der Waals surface area contributed by atoms with Crippen LogP contribution in [0.5, 0.6) is 11.5 Å². The molecular formula is C10H12BrNO3. The Morgan fingerprint density at radius 3 is 2.73 bits per heavy atom. The average molecular weight is 274 g/mol. The van der Waals surface area contributed by atoms with E-state index in [-0.39, 0.29) is 5.75 Å². The smallest absolute Gasteiger partial charge is 0.160 e. The van der Waals surface area contributed by atoms with Gasteiger partial charge in [-0.25, -0.2) is 0 Å². The highest BCUT2D eigenvalue weighted by Crippen LogP contribution is 2.32. The number of phenols is 1. The molecule has 0 atom stereocenters. The van der Waals surface area contributed by atoms with Gasteiger partial charge >= 0.3 is 0 Å². The summed E-state index contributed by atoms with van der Waals surface area (Å²) in [7, 11) is 1.49. The first kappa shape index (κ1) is 11.8. The Morgan fingerprint density at radius 2 is 2.20 bits per heavy atom. The Labute approximate surface area is 96.3 Å². The Kier molecular flexibility index (Phi) is 3.96. The van der Waals surface area contributed by atoms with Gasteiger partial charge in [0.15, 0.2) is 11.5 Å². The number of oxime groups is 1. The van der Waals surface area contributed by atoms with Crippen molar-refractivity contribution in [3.05, 3.63) is 22.2 Å². The molecular weight excluding hydrogens is 262 g/mol. The molecule has 82 valence electrons. The van der Waals surface area contributed by atoms with Gasteiger partial charge in [-0.15, -0.1) is 0 Å². The Morgan fingerprint density at radius 1 is 1.53 bits per heavy atom. The summed E-state index contributed by atoms with van der Waals surface area (Å²) in [5.74, 6) is 0.477. The van der Waals surface area contributed by atoms with Crippen molar-refractivity contribution in [2.24, 2.45) is 5.16 Å². The number of aromatic hydroxyl groups is 1. The maximum Gasteiger partial charge on any atom is 0.160 e. The third-order valence-electron chi connectivity index (χ3n) is 1.96. The predicted molar refractivity (Wildman–Crippen MR) is 61.0 cm³/mol. The first-order chi connectivity index (χ1) is 7.08. The van der Waals surface area contributed by atoms with Crippen molar-refractivity contribution in [2.45, 2.75) is 13.3 Å². The lowest BCUT2D eigenvalue weighted by Crippen LogP contribution is -1.99. The van der Waals surface area contributed by atoms with Crippen LogP contribution in [-0.4, -0.2) is 23.1 Å². The van der Waals surface area contributed by atoms with Gasteiger partial charge in [0, 0.05) is 10.9 Å². The van der Waals surface area contributed by atoms with Crippen LogP contribution in [0.4, 0.5) is 0 Å². The number of benzene rings is 1. The van der Waals surface area contributed by atoms with Crippen molar-refractivity contribution in [3.8, 4) is 11.5 Å². The second-order valence-electron chi connectivity index (χ2n) is 3.13. The molecule has 0 aliphatic rings. The van der Waals surface area contributed by atoms with E-state index in [1.165, 1.54) is 7.11 Å². The maximum atomic E-state index is 9.47. The van der Waals surface area contributed by atoms with Gasteiger partial charge in [-0.2, -0.15) is 0 Å². The third-order valence-corrected chi connectivity index (χ3v) is 2.70. The fraction of sp³-hybridized carbons (Fsp3) is 0.300. The quantitative estimate of drug-likeness (QED) is 0.506. The fourth-order valence-corrected chi connectivity index (χ4v) is 1.67. The number of nitrogens with zero attached hydrogens (tertiary/aromatic N) is 1. The minimum atomic E-state index is 0.0757. The molecule has 1 rings (SSSR count). The second-order valence-corrected chi connectivity index (χ2v) is 3.98. The Bertz CT molecular complexity index is 390. The van der Waals surface area contributed by atoms with Crippen molar-refractivity contribution >= 4 is 21.6 Å². The van der Waals surface area contributed by atoms with E-state index in [9.17, 15) is 5.11 Å². The standard InChI is InChI=1S/C10H12BrNO3/c1-6(12-14)3-7-4-10(15-2)9(13)5-8(7)11/h4-5,13-14H,3H2,1-2H3/b12-6+. The van der Waals surface area contributed by atoms with E-state index in [4.69, 9.17) is 9.94 Å². The molecule has 1 aromatic rings. The van der Waals surface area contributed by atoms with E-state index in [1.54, 1.807) is 19.1 Å². The number of rotatable bonds is 3. The Balaban J connectivity index is 3.07. The molecule has 0 amide bonds. The molecule has 0 heterocycles. The van der Waals surface area contributed by atoms with Crippen LogP contribution in [0, 0.1) is 0 Å². The normalized spacial score (nSPS) is 11.5. The minimum absolute atomic E-state index is 0.0757. The third kappa shape index (κ3) is 2.86. The summed E-state index contributed by atoms with van der Waals surface area (Å²) in [4.78, 5) is 0. The number of phenolic OH excluding ortho intramolecular Hbond substituents is 1. The van der Waals surface area contributed by atoms with Gasteiger partial charge < -0.3 is 15.1 Å². The van der Waals surface area contributed by atoms with Gasteiger partial charge in [-0.3, -0.25) is 0 Å². The van der Waals surface area contributed by atoms with Crippen molar-refractivity contribution < 1.29 is 15.1 Å². The van der Waals surface area contributed by atoms with Crippen LogP contribution in [0.3, 0.4) is 0 Å². The van der Waals surface area contributed by atoms with Crippen LogP contribution in [0.25, 0.3) is 0 Å². The number of hydrogen-bond acceptors (Lipinski definition) is 4. The van der Waals surface area contributed by atoms with E-state index >= 15 is 0 Å². The van der Waals surface area contributed by atoms with Gasteiger partial charge in [0.25, 0.3) is 0 Å². The molecule has 0 fully saturated rings. The van der Waals surface area contributed by atoms with E-state index in [2.05, 4.69) is 21.1 Å². The topological polar surface area (TPSA) is 62.0 Å². The molecule has 5 heteroatoms. The average Bonchev–Trinajstić information content (AvgIpc) is 2.21. The SMILES string of the molecule is COc1cc(C/C(C)=N/O)c(Br)cc1O. The summed E-state index contributed by atoms with van der Waals surface area (Å²) in [6.07, 6.45) is 0.494. The van der Waals surface area contributed by atoms with Gasteiger partial charge in [-0.1, -0.05) is 21.1 Å². The van der Waals surface area contributed by atoms with Crippen molar-refractivity contribution in [3.63, 3.8) is 0 Å². The highest BCUT2D eigenvalue weighted by Gasteiger charge is 2.08. The predicted octanol–water partition coefficient (Wildman–Crippen LogP) is 2.56. The van der Waals surface area contributed by atoms with E-state index in [1.807, 2.05) is 0 Å². The van der Waals surface area contributed by atoms with Crippen LogP contribution in [-0.2, 0) is 6.42 Å². The largest absolute Gasteiger partial charge is 0.504 e. The lowest BCUT2D eigenvalue weighted by atomic mass is 10.1. The van der Waals surface area contributed by atoms with Crippen LogP contribution in [0.2, 0.25) is 0 Å². The number of methoxy groups -OCH3 is 1. The van der Waals surface area contributed by atoms with E-state index < -0.39 is 0 Å². The molecule has 0 aliphatic carbocycles. The molecule has 0 saturated carbocycles. The summed E-state index contributed by atoms with van der Waals surface area (Å²) < 4.78 is 5.74. The minimum Gasteiger partial charge on any atom is -0.504 e. The zero-order chi connectivity index (χ0) is 11.4. The lowest BCUT2D eigenvalue weighted by Gasteiger charge is -2.08. The maximum absolute atomic E-state index is 9.47. The lowest BCUT2D eigenvalue weighted by molar-refractivity contribution is 0.317. The molecule has 2 N–H and O–H groups in total. The van der Waals surface area contributed by atoms with Crippen LogP contribution < -0.4 is 4.74 Å². The molecule has 0 bridgehead atoms. The zero-order valence-corrected chi connectivity index (χ0v) is 10.1. The van der Waals surface area contributed by atoms with Crippen molar-refractivity contribution in [1.29, 1.82) is 0 Å². The molecule has 0 aliphatic heterocycles. The van der Waals surface area contributed by atoms with Gasteiger partial charge in [0.05, 0.1) is 12.8 Å². The first-order valence-electron chi connectivity index (χ1n) is 4.31. The number of ether oxygens (including phenoxy) is 1. The molecule has 1 aromatic carbocycles. The summed E-state index contributed by atoms with van der Waals surface area (Å²) in [6.45, 7) is 1.71. The second kappa shape index (κ2) is 5.02. The summed E-state index contributed by atoms with van der Waals surface area (Å²) in [6, 6.07) is 3.26. The van der Waals surface area contributed by atoms with E-state index in [0.29, 0.717) is 17.9 Å². The van der Waals surface area contributed by atoms with Crippen LogP contribution >= 0.6 is 15.9 Å². The summed E-state index contributed by atoms with van der Waals surface area (Å²) in [5, 5.41) is 21.1. The van der Waals surface area contributed by atoms with E-state index in [0.717, 1.165) is 10.0 Å². The number of halogens is 1.